The molecule has 1 N–H and O–H groups in total. The van der Waals surface area contributed by atoms with Crippen molar-refractivity contribution in [3.05, 3.63) is 58.7 Å². The number of alkyl halides is 3. The zero-order chi connectivity index (χ0) is 24.1. The fraction of sp³-hybridized carbons (Fsp3) is 0.462. The number of nitrogens with one attached hydrogen (secondary N) is 1. The first-order valence-corrected chi connectivity index (χ1v) is 11.4. The molecule has 2 atom stereocenters. The van der Waals surface area contributed by atoms with Gasteiger partial charge in [-0.15, -0.1) is 0 Å². The van der Waals surface area contributed by atoms with Crippen LogP contribution in [-0.4, -0.2) is 18.4 Å². The van der Waals surface area contributed by atoms with E-state index in [2.05, 4.69) is 5.32 Å². The molecule has 0 aromatic heterocycles. The summed E-state index contributed by atoms with van der Waals surface area (Å²) in [6.45, 7) is 7.42. The first-order valence-electron chi connectivity index (χ1n) is 11.4. The van der Waals surface area contributed by atoms with E-state index in [1.54, 1.807) is 13.0 Å². The summed E-state index contributed by atoms with van der Waals surface area (Å²) in [4.78, 5) is 28.1. The topological polar surface area (TPSA) is 49.4 Å². The van der Waals surface area contributed by atoms with Crippen LogP contribution >= 0.6 is 0 Å². The van der Waals surface area contributed by atoms with Gasteiger partial charge in [0.05, 0.1) is 22.6 Å². The zero-order valence-corrected chi connectivity index (χ0v) is 19.3. The minimum Gasteiger partial charge on any atom is -0.355 e. The van der Waals surface area contributed by atoms with Gasteiger partial charge in [-0.25, -0.2) is 0 Å². The lowest BCUT2D eigenvalue weighted by molar-refractivity contribution is -0.137. The highest BCUT2D eigenvalue weighted by Gasteiger charge is 2.52. The maximum absolute atomic E-state index is 14.3. The predicted octanol–water partition coefficient (Wildman–Crippen LogP) is 6.03. The van der Waals surface area contributed by atoms with Crippen LogP contribution in [0.25, 0.3) is 0 Å². The monoisotopic (exact) mass is 458 g/mol. The number of rotatable bonds is 5. The normalized spacial score (nSPS) is 22.9. The average molecular weight is 459 g/mol. The van der Waals surface area contributed by atoms with Crippen LogP contribution in [0.5, 0.6) is 0 Å². The lowest BCUT2D eigenvalue weighted by Crippen LogP contribution is -2.46. The van der Waals surface area contributed by atoms with Gasteiger partial charge >= 0.3 is 6.18 Å². The van der Waals surface area contributed by atoms with Crippen LogP contribution in [0.3, 0.4) is 0 Å². The fourth-order valence-corrected chi connectivity index (χ4v) is 4.95. The molecule has 4 nitrogen and oxygen atoms in total. The van der Waals surface area contributed by atoms with Gasteiger partial charge in [0, 0.05) is 12.2 Å². The van der Waals surface area contributed by atoms with Gasteiger partial charge in [-0.05, 0) is 73.9 Å². The molecule has 2 aromatic rings. The Morgan fingerprint density at radius 2 is 1.79 bits per heavy atom. The molecule has 33 heavy (non-hydrogen) atoms. The maximum Gasteiger partial charge on any atom is 0.416 e. The zero-order valence-electron chi connectivity index (χ0n) is 19.3. The third-order valence-corrected chi connectivity index (χ3v) is 7.30. The molecule has 1 aliphatic heterocycles. The molecule has 1 saturated heterocycles. The summed E-state index contributed by atoms with van der Waals surface area (Å²) in [5.74, 6) is -1.08. The number of hydrogen-bond donors (Lipinski definition) is 1. The van der Waals surface area contributed by atoms with Gasteiger partial charge in [0.1, 0.15) is 0 Å². The molecule has 1 heterocycles. The third-order valence-electron chi connectivity index (χ3n) is 7.30. The molecule has 0 bridgehead atoms. The SMILES string of the molecule is CC[C@]1(C(=O)N(c2cc(C3CC3)cc(C(F)(F)F)c2)c2c(C)cccc2C)CNC(=O)[C@H]1C. The number of carbonyl (C=O) groups excluding carboxylic acids is 2. The molecule has 0 spiro atoms. The Hall–Kier alpha value is -2.83. The molecule has 1 saturated carbocycles. The van der Waals surface area contributed by atoms with Gasteiger partial charge < -0.3 is 5.32 Å². The molecule has 0 radical (unpaired) electrons. The standard InChI is InChI=1S/C26H29F3N2O2/c1-5-25(14-30-23(32)17(25)4)24(33)31(22-15(2)7-6-8-16(22)3)21-12-19(18-9-10-18)11-20(13-21)26(27,28)29/h6-8,11-13,17-18H,5,9-10,14H2,1-4H3,(H,30,32)/t17-,25+/m1/s1. The van der Waals surface area contributed by atoms with E-state index in [0.29, 0.717) is 17.7 Å². The van der Waals surface area contributed by atoms with Crippen molar-refractivity contribution < 1.29 is 22.8 Å². The molecular formula is C26H29F3N2O2. The lowest BCUT2D eigenvalue weighted by atomic mass is 9.74. The number of anilines is 2. The maximum atomic E-state index is 14.3. The molecule has 2 amide bonds. The first kappa shape index (κ1) is 23.3. The van der Waals surface area contributed by atoms with Crippen molar-refractivity contribution in [1.82, 2.24) is 5.32 Å². The molecule has 2 fully saturated rings. The number of benzene rings is 2. The molecule has 176 valence electrons. The number of amides is 2. The van der Waals surface area contributed by atoms with E-state index in [0.717, 1.165) is 30.0 Å². The Labute approximate surface area is 192 Å². The highest BCUT2D eigenvalue weighted by atomic mass is 19.4. The second kappa shape index (κ2) is 8.19. The van der Waals surface area contributed by atoms with Gasteiger partial charge in [-0.2, -0.15) is 13.2 Å². The smallest absolute Gasteiger partial charge is 0.355 e. The Balaban J connectivity index is 1.96. The summed E-state index contributed by atoms with van der Waals surface area (Å²) in [6, 6.07) is 9.53. The van der Waals surface area contributed by atoms with E-state index in [-0.39, 0.29) is 30.0 Å². The summed E-state index contributed by atoms with van der Waals surface area (Å²) < 4.78 is 41.6. The summed E-state index contributed by atoms with van der Waals surface area (Å²) in [5.41, 5.74) is 1.14. The van der Waals surface area contributed by atoms with E-state index in [1.807, 2.05) is 39.0 Å². The molecule has 7 heteroatoms. The van der Waals surface area contributed by atoms with Crippen LogP contribution in [0.4, 0.5) is 24.5 Å². The van der Waals surface area contributed by atoms with Crippen molar-refractivity contribution in [2.45, 2.75) is 59.1 Å². The van der Waals surface area contributed by atoms with Gasteiger partial charge in [-0.1, -0.05) is 32.0 Å². The van der Waals surface area contributed by atoms with E-state index in [1.165, 1.54) is 11.0 Å². The van der Waals surface area contributed by atoms with Crippen molar-refractivity contribution >= 4 is 23.2 Å². The molecular weight excluding hydrogens is 429 g/mol. The highest BCUT2D eigenvalue weighted by Crippen LogP contribution is 2.47. The van der Waals surface area contributed by atoms with Crippen molar-refractivity contribution in [3.63, 3.8) is 0 Å². The highest BCUT2D eigenvalue weighted by molar-refractivity contribution is 6.08. The van der Waals surface area contributed by atoms with Crippen molar-refractivity contribution in [3.8, 4) is 0 Å². The van der Waals surface area contributed by atoms with Gasteiger partial charge in [0.25, 0.3) is 0 Å². The summed E-state index contributed by atoms with van der Waals surface area (Å²) in [6.07, 6.45) is -2.46. The van der Waals surface area contributed by atoms with Gasteiger partial charge in [0.15, 0.2) is 0 Å². The van der Waals surface area contributed by atoms with Crippen molar-refractivity contribution in [2.75, 3.05) is 11.4 Å². The number of halogens is 3. The Bertz CT molecular complexity index is 1090. The van der Waals surface area contributed by atoms with E-state index < -0.39 is 23.1 Å². The Morgan fingerprint density at radius 1 is 1.15 bits per heavy atom. The minimum absolute atomic E-state index is 0.0785. The molecule has 4 rings (SSSR count). The predicted molar refractivity (Wildman–Crippen MR) is 121 cm³/mol. The number of nitrogens with zero attached hydrogens (tertiary/aromatic N) is 1. The molecule has 2 aromatic carbocycles. The van der Waals surface area contributed by atoms with Crippen LogP contribution in [0.1, 0.15) is 61.3 Å². The molecule has 0 unspecified atom stereocenters. The molecule has 1 aliphatic carbocycles. The van der Waals surface area contributed by atoms with Crippen LogP contribution in [0, 0.1) is 25.2 Å². The van der Waals surface area contributed by atoms with Gasteiger partial charge in [0.2, 0.25) is 11.8 Å². The summed E-state index contributed by atoms with van der Waals surface area (Å²) in [5, 5.41) is 2.79. The Kier molecular flexibility index (Phi) is 5.79. The number of carbonyl (C=O) groups is 2. The van der Waals surface area contributed by atoms with E-state index in [9.17, 15) is 22.8 Å². The van der Waals surface area contributed by atoms with Crippen LogP contribution in [0.2, 0.25) is 0 Å². The second-order valence-corrected chi connectivity index (χ2v) is 9.42. The second-order valence-electron chi connectivity index (χ2n) is 9.42. The van der Waals surface area contributed by atoms with E-state index >= 15 is 0 Å². The van der Waals surface area contributed by atoms with Crippen molar-refractivity contribution in [2.24, 2.45) is 11.3 Å². The summed E-state index contributed by atoms with van der Waals surface area (Å²) in [7, 11) is 0. The fourth-order valence-electron chi connectivity index (χ4n) is 4.95. The first-order chi connectivity index (χ1) is 15.5. The van der Waals surface area contributed by atoms with Crippen LogP contribution < -0.4 is 10.2 Å². The Morgan fingerprint density at radius 3 is 2.27 bits per heavy atom. The molecule has 2 aliphatic rings. The summed E-state index contributed by atoms with van der Waals surface area (Å²) >= 11 is 0. The largest absolute Gasteiger partial charge is 0.416 e. The van der Waals surface area contributed by atoms with Gasteiger partial charge in [-0.3, -0.25) is 14.5 Å². The van der Waals surface area contributed by atoms with E-state index in [4.69, 9.17) is 0 Å². The van der Waals surface area contributed by atoms with Crippen LogP contribution in [-0.2, 0) is 15.8 Å². The van der Waals surface area contributed by atoms with Crippen molar-refractivity contribution in [1.29, 1.82) is 0 Å². The number of para-hydroxylation sites is 1. The minimum atomic E-state index is -4.53. The average Bonchev–Trinajstić information content (AvgIpc) is 3.57. The number of aryl methyl sites for hydroxylation is 2. The quantitative estimate of drug-likeness (QED) is 0.595. The lowest BCUT2D eigenvalue weighted by Gasteiger charge is -2.37. The van der Waals surface area contributed by atoms with Crippen LogP contribution in [0.15, 0.2) is 36.4 Å². The third kappa shape index (κ3) is 4.02. The number of hydrogen-bond acceptors (Lipinski definition) is 2.